The summed E-state index contributed by atoms with van der Waals surface area (Å²) in [5.41, 5.74) is 1.14. The normalized spacial score (nSPS) is 13.2. The van der Waals surface area contributed by atoms with E-state index in [0.29, 0.717) is 11.4 Å². The fraction of sp³-hybridized carbons (Fsp3) is 0.200. The minimum absolute atomic E-state index is 0.0821. The molecule has 0 radical (unpaired) electrons. The predicted octanol–water partition coefficient (Wildman–Crippen LogP) is 3.19. The molecule has 0 unspecified atom stereocenters. The molecule has 1 aromatic carbocycles. The number of urea groups is 1. The van der Waals surface area contributed by atoms with E-state index in [1.807, 2.05) is 0 Å². The number of anilines is 2. The van der Waals surface area contributed by atoms with Crippen molar-refractivity contribution in [2.45, 2.75) is 18.9 Å². The Morgan fingerprint density at radius 3 is 2.21 bits per heavy atom. The molecule has 1 aliphatic rings. The van der Waals surface area contributed by atoms with Crippen LogP contribution in [0, 0.1) is 10.1 Å². The predicted molar refractivity (Wildman–Crippen MR) is 90.5 cm³/mol. The van der Waals surface area contributed by atoms with Gasteiger partial charge in [0.25, 0.3) is 5.91 Å². The van der Waals surface area contributed by atoms with Crippen LogP contribution >= 0.6 is 11.3 Å². The molecule has 3 N–H and O–H groups in total. The maximum absolute atomic E-state index is 12.0. The van der Waals surface area contributed by atoms with Gasteiger partial charge in [-0.2, -0.15) is 0 Å². The molecule has 0 spiro atoms. The molecule has 2 aromatic rings. The number of amides is 3. The van der Waals surface area contributed by atoms with Crippen molar-refractivity contribution in [2.75, 3.05) is 10.6 Å². The molecule has 9 heteroatoms. The second-order valence-corrected chi connectivity index (χ2v) is 6.36. The zero-order chi connectivity index (χ0) is 17.1. The zero-order valence-electron chi connectivity index (χ0n) is 12.4. The van der Waals surface area contributed by atoms with Crippen LogP contribution in [-0.4, -0.2) is 22.9 Å². The Balaban J connectivity index is 1.57. The van der Waals surface area contributed by atoms with Gasteiger partial charge in [0.05, 0.1) is 9.80 Å². The van der Waals surface area contributed by atoms with E-state index in [4.69, 9.17) is 0 Å². The lowest BCUT2D eigenvalue weighted by Gasteiger charge is -2.08. The van der Waals surface area contributed by atoms with Crippen molar-refractivity contribution < 1.29 is 14.5 Å². The van der Waals surface area contributed by atoms with E-state index in [2.05, 4.69) is 16.0 Å². The maximum atomic E-state index is 12.0. The van der Waals surface area contributed by atoms with E-state index in [9.17, 15) is 19.7 Å². The third-order valence-electron chi connectivity index (χ3n) is 3.31. The van der Waals surface area contributed by atoms with Crippen LogP contribution in [0.5, 0.6) is 0 Å². The van der Waals surface area contributed by atoms with E-state index in [1.54, 1.807) is 24.3 Å². The number of benzene rings is 1. The van der Waals surface area contributed by atoms with Crippen molar-refractivity contribution in [3.8, 4) is 0 Å². The summed E-state index contributed by atoms with van der Waals surface area (Å²) < 4.78 is 0. The lowest BCUT2D eigenvalue weighted by Crippen LogP contribution is -2.30. The standard InChI is InChI=1S/C15H14N4O4S/c20-14(12-7-8-13(24-12)19(22)23)16-9-1-3-10(4-2-9)17-15(21)18-11-5-6-11/h1-4,7-8,11H,5-6H2,(H,16,20)(H2,17,18,21). The van der Waals surface area contributed by atoms with Crippen LogP contribution in [0.25, 0.3) is 0 Å². The molecule has 0 saturated heterocycles. The van der Waals surface area contributed by atoms with Crippen LogP contribution in [0.4, 0.5) is 21.2 Å². The van der Waals surface area contributed by atoms with Gasteiger partial charge in [0, 0.05) is 23.5 Å². The first kappa shape index (κ1) is 15.9. The molecule has 124 valence electrons. The molecule has 0 bridgehead atoms. The highest BCUT2D eigenvalue weighted by atomic mass is 32.1. The van der Waals surface area contributed by atoms with Crippen LogP contribution in [0.2, 0.25) is 0 Å². The van der Waals surface area contributed by atoms with Crippen LogP contribution < -0.4 is 16.0 Å². The van der Waals surface area contributed by atoms with Crippen molar-refractivity contribution in [1.82, 2.24) is 5.32 Å². The van der Waals surface area contributed by atoms with Gasteiger partial charge in [-0.05, 0) is 43.2 Å². The van der Waals surface area contributed by atoms with Gasteiger partial charge in [0.1, 0.15) is 0 Å². The van der Waals surface area contributed by atoms with E-state index in [-0.39, 0.29) is 22.0 Å². The summed E-state index contributed by atoms with van der Waals surface area (Å²) in [6.45, 7) is 0. The smallest absolute Gasteiger partial charge is 0.324 e. The third-order valence-corrected chi connectivity index (χ3v) is 4.34. The molecule has 1 aromatic heterocycles. The minimum Gasteiger partial charge on any atom is -0.335 e. The quantitative estimate of drug-likeness (QED) is 0.570. The van der Waals surface area contributed by atoms with Gasteiger partial charge in [0.2, 0.25) is 0 Å². The first-order valence-corrected chi connectivity index (χ1v) is 8.06. The number of thiophene rings is 1. The molecule has 3 amide bonds. The summed E-state index contributed by atoms with van der Waals surface area (Å²) in [4.78, 5) is 34.0. The molecule has 3 rings (SSSR count). The van der Waals surface area contributed by atoms with Crippen molar-refractivity contribution in [3.05, 3.63) is 51.4 Å². The summed E-state index contributed by atoms with van der Waals surface area (Å²) in [5.74, 6) is -0.416. The number of nitrogens with one attached hydrogen (secondary N) is 3. The Labute approximate surface area is 141 Å². The van der Waals surface area contributed by atoms with Crippen LogP contribution in [-0.2, 0) is 0 Å². The monoisotopic (exact) mass is 346 g/mol. The van der Waals surface area contributed by atoms with Gasteiger partial charge in [-0.1, -0.05) is 11.3 Å². The van der Waals surface area contributed by atoms with Gasteiger partial charge in [-0.25, -0.2) is 4.79 Å². The molecule has 0 atom stereocenters. The zero-order valence-corrected chi connectivity index (χ0v) is 13.3. The van der Waals surface area contributed by atoms with Gasteiger partial charge in [-0.15, -0.1) is 0 Å². The van der Waals surface area contributed by atoms with Gasteiger partial charge in [-0.3, -0.25) is 14.9 Å². The summed E-state index contributed by atoms with van der Waals surface area (Å²) in [6, 6.07) is 9.36. The first-order chi connectivity index (χ1) is 11.5. The van der Waals surface area contributed by atoms with E-state index in [1.165, 1.54) is 12.1 Å². The highest BCUT2D eigenvalue weighted by Crippen LogP contribution is 2.25. The van der Waals surface area contributed by atoms with E-state index >= 15 is 0 Å². The SMILES string of the molecule is O=C(Nc1ccc(NC(=O)c2ccc([N+](=O)[O-])s2)cc1)NC1CC1. The summed E-state index contributed by atoms with van der Waals surface area (Å²) in [6.07, 6.45) is 2.03. The highest BCUT2D eigenvalue weighted by molar-refractivity contribution is 7.17. The van der Waals surface area contributed by atoms with Crippen molar-refractivity contribution in [3.63, 3.8) is 0 Å². The number of hydrogen-bond acceptors (Lipinski definition) is 5. The topological polar surface area (TPSA) is 113 Å². The molecule has 1 saturated carbocycles. The lowest BCUT2D eigenvalue weighted by atomic mass is 10.2. The third kappa shape index (κ3) is 4.07. The minimum atomic E-state index is -0.533. The van der Waals surface area contributed by atoms with Gasteiger partial charge < -0.3 is 16.0 Å². The average Bonchev–Trinajstić information content (AvgIpc) is 3.20. The Kier molecular flexibility index (Phi) is 4.43. The second-order valence-electron chi connectivity index (χ2n) is 5.30. The molecule has 24 heavy (non-hydrogen) atoms. The average molecular weight is 346 g/mol. The number of hydrogen-bond donors (Lipinski definition) is 3. The van der Waals surface area contributed by atoms with Gasteiger partial charge >= 0.3 is 11.0 Å². The number of nitro groups is 1. The fourth-order valence-corrected chi connectivity index (χ4v) is 2.67. The van der Waals surface area contributed by atoms with Gasteiger partial charge in [0.15, 0.2) is 0 Å². The van der Waals surface area contributed by atoms with Crippen molar-refractivity contribution in [2.24, 2.45) is 0 Å². The summed E-state index contributed by atoms with van der Waals surface area (Å²) >= 11 is 0.815. The Bertz CT molecular complexity index is 783. The molecule has 8 nitrogen and oxygen atoms in total. The lowest BCUT2D eigenvalue weighted by molar-refractivity contribution is -0.380. The van der Waals surface area contributed by atoms with Crippen molar-refractivity contribution in [1.29, 1.82) is 0 Å². The second kappa shape index (κ2) is 6.67. The van der Waals surface area contributed by atoms with E-state index in [0.717, 1.165) is 24.2 Å². The molecular weight excluding hydrogens is 332 g/mol. The first-order valence-electron chi connectivity index (χ1n) is 7.24. The maximum Gasteiger partial charge on any atom is 0.324 e. The molecule has 0 aliphatic heterocycles. The highest BCUT2D eigenvalue weighted by Gasteiger charge is 2.23. The largest absolute Gasteiger partial charge is 0.335 e. The van der Waals surface area contributed by atoms with E-state index < -0.39 is 10.8 Å². The number of carbonyl (C=O) groups excluding carboxylic acids is 2. The number of rotatable bonds is 5. The van der Waals surface area contributed by atoms with Crippen LogP contribution in [0.1, 0.15) is 22.5 Å². The number of carbonyl (C=O) groups is 2. The van der Waals surface area contributed by atoms with Crippen LogP contribution in [0.15, 0.2) is 36.4 Å². The molecule has 1 fully saturated rings. The Morgan fingerprint density at radius 2 is 1.67 bits per heavy atom. The van der Waals surface area contributed by atoms with Crippen molar-refractivity contribution >= 4 is 39.7 Å². The Hall–Kier alpha value is -2.94. The molecule has 1 heterocycles. The molecular formula is C15H14N4O4S. The summed E-state index contributed by atoms with van der Waals surface area (Å²) in [7, 11) is 0. The van der Waals surface area contributed by atoms with Crippen LogP contribution in [0.3, 0.4) is 0 Å². The fourth-order valence-electron chi connectivity index (χ4n) is 1.96. The summed E-state index contributed by atoms with van der Waals surface area (Å²) in [5, 5.41) is 18.7. The Morgan fingerprint density at radius 1 is 1.04 bits per heavy atom. The number of nitrogens with zero attached hydrogens (tertiary/aromatic N) is 1. The molecule has 1 aliphatic carbocycles.